The third kappa shape index (κ3) is 2.12. The number of hydrogen-bond donors (Lipinski definition) is 0. The van der Waals surface area contributed by atoms with Crippen LogP contribution in [0.25, 0.3) is 0 Å². The van der Waals surface area contributed by atoms with E-state index in [0.29, 0.717) is 0 Å². The SMILES string of the molecule is CC(C)(C)S(=O)(=O)OCl. The molecule has 5 heteroatoms. The first-order chi connectivity index (χ1) is 3.81. The van der Waals surface area contributed by atoms with Crippen LogP contribution in [0, 0.1) is 0 Å². The zero-order valence-electron chi connectivity index (χ0n) is 5.51. The van der Waals surface area contributed by atoms with Crippen molar-refractivity contribution < 1.29 is 12.2 Å². The van der Waals surface area contributed by atoms with Gasteiger partial charge in [-0.1, -0.05) is 0 Å². The Bertz CT molecular complexity index is 176. The molecule has 0 aromatic heterocycles. The molecule has 0 aromatic carbocycles. The molecule has 56 valence electrons. The van der Waals surface area contributed by atoms with Crippen LogP contribution in [-0.2, 0) is 13.9 Å². The van der Waals surface area contributed by atoms with Gasteiger partial charge >= 0.3 is 0 Å². The highest BCUT2D eigenvalue weighted by Crippen LogP contribution is 2.17. The summed E-state index contributed by atoms with van der Waals surface area (Å²) in [6.45, 7) is 4.51. The molecule has 0 unspecified atom stereocenters. The van der Waals surface area contributed by atoms with Gasteiger partial charge in [-0.05, 0) is 20.8 Å². The average Bonchev–Trinajstić information content (AvgIpc) is 1.64. The summed E-state index contributed by atoms with van der Waals surface area (Å²) < 4.78 is 24.1. The summed E-state index contributed by atoms with van der Waals surface area (Å²) in [7, 11) is -3.57. The molecule has 0 saturated carbocycles. The summed E-state index contributed by atoms with van der Waals surface area (Å²) in [5, 5.41) is 0. The summed E-state index contributed by atoms with van der Waals surface area (Å²) in [5.74, 6) is 0. The molecule has 0 aliphatic carbocycles. The second-order valence-electron chi connectivity index (χ2n) is 2.63. The quantitative estimate of drug-likeness (QED) is 0.599. The van der Waals surface area contributed by atoms with Crippen molar-refractivity contribution in [1.82, 2.24) is 0 Å². The zero-order valence-corrected chi connectivity index (χ0v) is 7.08. The van der Waals surface area contributed by atoms with E-state index in [9.17, 15) is 8.42 Å². The molecule has 0 radical (unpaired) electrons. The monoisotopic (exact) mass is 172 g/mol. The Labute approximate surface area is 60.3 Å². The van der Waals surface area contributed by atoms with E-state index in [1.54, 1.807) is 0 Å². The molecular weight excluding hydrogens is 164 g/mol. The predicted octanol–water partition coefficient (Wildman–Crippen LogP) is 1.29. The van der Waals surface area contributed by atoms with Gasteiger partial charge in [-0.3, -0.25) is 0 Å². The van der Waals surface area contributed by atoms with Gasteiger partial charge in [-0.15, -0.1) is 0 Å². The van der Waals surface area contributed by atoms with E-state index in [1.165, 1.54) is 20.8 Å². The van der Waals surface area contributed by atoms with E-state index in [1.807, 2.05) is 0 Å². The molecule has 0 heterocycles. The normalized spacial score (nSPS) is 13.8. The number of halogens is 1. The van der Waals surface area contributed by atoms with Crippen molar-refractivity contribution in [2.45, 2.75) is 25.5 Å². The minimum absolute atomic E-state index is 0.936. The molecule has 0 fully saturated rings. The molecule has 0 N–H and O–H groups in total. The van der Waals surface area contributed by atoms with Crippen LogP contribution in [0.2, 0.25) is 0 Å². The highest BCUT2D eigenvalue weighted by Gasteiger charge is 2.29. The Morgan fingerprint density at radius 2 is 1.67 bits per heavy atom. The minimum atomic E-state index is -3.57. The van der Waals surface area contributed by atoms with E-state index < -0.39 is 14.9 Å². The lowest BCUT2D eigenvalue weighted by atomic mass is 10.3. The van der Waals surface area contributed by atoms with E-state index >= 15 is 0 Å². The molecule has 9 heavy (non-hydrogen) atoms. The zero-order chi connectivity index (χ0) is 7.71. The van der Waals surface area contributed by atoms with Crippen LogP contribution in [0.3, 0.4) is 0 Å². The Balaban J connectivity index is 4.57. The third-order valence-corrected chi connectivity index (χ3v) is 3.00. The van der Waals surface area contributed by atoms with Crippen LogP contribution in [0.5, 0.6) is 0 Å². The smallest absolute Gasteiger partial charge is 0.198 e. The highest BCUT2D eigenvalue weighted by atomic mass is 35.5. The van der Waals surface area contributed by atoms with Crippen molar-refractivity contribution >= 4 is 22.0 Å². The lowest BCUT2D eigenvalue weighted by molar-refractivity contribution is 0.473. The Kier molecular flexibility index (Phi) is 2.49. The topological polar surface area (TPSA) is 43.4 Å². The molecular formula is C4H9ClO3S. The second kappa shape index (κ2) is 2.44. The lowest BCUT2D eigenvalue weighted by Crippen LogP contribution is -2.27. The standard InChI is InChI=1S/C4H9ClO3S/c1-4(2,3)9(6,7)8-5/h1-3H3. The summed E-state index contributed by atoms with van der Waals surface area (Å²) in [6, 6.07) is 0. The van der Waals surface area contributed by atoms with Gasteiger partial charge in [0.1, 0.15) is 0 Å². The van der Waals surface area contributed by atoms with E-state index in [4.69, 9.17) is 0 Å². The lowest BCUT2D eigenvalue weighted by Gasteiger charge is -2.14. The average molecular weight is 173 g/mol. The maximum Gasteiger partial charge on any atom is 0.288 e. The molecule has 0 saturated heterocycles. The molecule has 0 atom stereocenters. The van der Waals surface area contributed by atoms with Crippen LogP contribution in [0.4, 0.5) is 0 Å². The molecule has 0 aliphatic rings. The van der Waals surface area contributed by atoms with Crippen molar-refractivity contribution in [1.29, 1.82) is 0 Å². The van der Waals surface area contributed by atoms with Crippen molar-refractivity contribution in [3.8, 4) is 0 Å². The van der Waals surface area contributed by atoms with Gasteiger partial charge in [0.2, 0.25) is 0 Å². The first kappa shape index (κ1) is 9.20. The first-order valence-corrected chi connectivity index (χ1v) is 4.08. The van der Waals surface area contributed by atoms with Gasteiger partial charge in [0.05, 0.1) is 16.6 Å². The van der Waals surface area contributed by atoms with Gasteiger partial charge in [0.15, 0.2) is 0 Å². The number of rotatable bonds is 1. The van der Waals surface area contributed by atoms with Gasteiger partial charge in [0, 0.05) is 0 Å². The maximum absolute atomic E-state index is 10.7. The molecule has 0 aromatic rings. The van der Waals surface area contributed by atoms with Crippen LogP contribution in [0.15, 0.2) is 0 Å². The summed E-state index contributed by atoms with van der Waals surface area (Å²) >= 11 is 4.69. The van der Waals surface area contributed by atoms with E-state index in [-0.39, 0.29) is 0 Å². The summed E-state index contributed by atoms with van der Waals surface area (Å²) in [6.07, 6.45) is 0. The Hall–Kier alpha value is 0.200. The van der Waals surface area contributed by atoms with Gasteiger partial charge in [-0.2, -0.15) is 12.2 Å². The Morgan fingerprint density at radius 3 is 1.67 bits per heavy atom. The van der Waals surface area contributed by atoms with Crippen LogP contribution < -0.4 is 0 Å². The minimum Gasteiger partial charge on any atom is -0.198 e. The van der Waals surface area contributed by atoms with Crippen molar-refractivity contribution in [2.75, 3.05) is 0 Å². The third-order valence-electron chi connectivity index (χ3n) is 0.833. The second-order valence-corrected chi connectivity index (χ2v) is 5.27. The van der Waals surface area contributed by atoms with Gasteiger partial charge < -0.3 is 0 Å². The fourth-order valence-corrected chi connectivity index (χ4v) is 0.850. The molecule has 0 spiro atoms. The van der Waals surface area contributed by atoms with Crippen LogP contribution in [0.1, 0.15) is 20.8 Å². The van der Waals surface area contributed by atoms with Gasteiger partial charge in [0.25, 0.3) is 10.1 Å². The van der Waals surface area contributed by atoms with Crippen molar-refractivity contribution in [2.24, 2.45) is 0 Å². The molecule has 3 nitrogen and oxygen atoms in total. The molecule has 0 amide bonds. The molecule has 0 bridgehead atoms. The van der Waals surface area contributed by atoms with Crippen molar-refractivity contribution in [3.63, 3.8) is 0 Å². The fraction of sp³-hybridized carbons (Fsp3) is 1.00. The summed E-state index contributed by atoms with van der Waals surface area (Å²) in [4.78, 5) is 0. The maximum atomic E-state index is 10.7. The number of hydrogen-bond acceptors (Lipinski definition) is 3. The highest BCUT2D eigenvalue weighted by molar-refractivity contribution is 7.88. The summed E-state index contributed by atoms with van der Waals surface area (Å²) in [5.41, 5.74) is 0. The molecule has 0 rings (SSSR count). The van der Waals surface area contributed by atoms with Crippen molar-refractivity contribution in [3.05, 3.63) is 0 Å². The largest absolute Gasteiger partial charge is 0.288 e. The predicted molar refractivity (Wildman–Crippen MR) is 35.6 cm³/mol. The van der Waals surface area contributed by atoms with E-state index in [0.717, 1.165) is 0 Å². The van der Waals surface area contributed by atoms with Crippen LogP contribution in [-0.4, -0.2) is 13.2 Å². The van der Waals surface area contributed by atoms with E-state index in [2.05, 4.69) is 15.6 Å². The van der Waals surface area contributed by atoms with Crippen LogP contribution >= 0.6 is 11.9 Å². The van der Waals surface area contributed by atoms with Gasteiger partial charge in [-0.25, -0.2) is 0 Å². The first-order valence-electron chi connectivity index (χ1n) is 2.36. The molecule has 0 aliphatic heterocycles. The fourth-order valence-electron chi connectivity index (χ4n) is 0.0945. The Morgan fingerprint density at radius 1 is 1.33 bits per heavy atom.